The van der Waals surface area contributed by atoms with Gasteiger partial charge in [0, 0.05) is 5.69 Å². The van der Waals surface area contributed by atoms with Crippen LogP contribution in [-0.4, -0.2) is 30.9 Å². The fourth-order valence-corrected chi connectivity index (χ4v) is 2.11. The van der Waals surface area contributed by atoms with E-state index in [1.165, 1.54) is 0 Å². The molecule has 0 fully saturated rings. The molecule has 0 saturated carbocycles. The van der Waals surface area contributed by atoms with Crippen molar-refractivity contribution in [1.29, 1.82) is 0 Å². The quantitative estimate of drug-likeness (QED) is 0.756. The monoisotopic (exact) mass is 298 g/mol. The van der Waals surface area contributed by atoms with E-state index in [1.54, 1.807) is 31.2 Å². The normalized spacial score (nSPS) is 11.2. The highest BCUT2D eigenvalue weighted by atomic mass is 32.2. The van der Waals surface area contributed by atoms with Crippen LogP contribution < -0.4 is 15.2 Å². The number of hydrogen-bond acceptors (Lipinski definition) is 7. The third-order valence-electron chi connectivity index (χ3n) is 2.27. The predicted octanol–water partition coefficient (Wildman–Crippen LogP) is 0.781. The molecule has 3 N–H and O–H groups in total. The van der Waals surface area contributed by atoms with Gasteiger partial charge in [0.1, 0.15) is 18.1 Å². The summed E-state index contributed by atoms with van der Waals surface area (Å²) in [6.07, 6.45) is 0. The highest BCUT2D eigenvalue weighted by Crippen LogP contribution is 2.13. The van der Waals surface area contributed by atoms with E-state index in [0.717, 1.165) is 0 Å². The number of anilines is 2. The van der Waals surface area contributed by atoms with E-state index in [9.17, 15) is 8.42 Å². The summed E-state index contributed by atoms with van der Waals surface area (Å²) in [5, 5.41) is 3.48. The second kappa shape index (κ2) is 5.78. The molecular formula is C11H14N4O4S. The second-order valence-corrected chi connectivity index (χ2v) is 5.83. The van der Waals surface area contributed by atoms with Gasteiger partial charge in [0.25, 0.3) is 0 Å². The molecule has 9 heteroatoms. The summed E-state index contributed by atoms with van der Waals surface area (Å²) in [5.74, 6) is 0.655. The SMILES string of the molecule is Cc1noc(NS(=O)(=O)CCOc2ccc(N)cc2)n1. The lowest BCUT2D eigenvalue weighted by Crippen LogP contribution is -2.21. The lowest BCUT2D eigenvalue weighted by Gasteiger charge is -2.07. The number of benzene rings is 1. The van der Waals surface area contributed by atoms with Crippen molar-refractivity contribution in [2.75, 3.05) is 22.8 Å². The number of nitrogens with zero attached hydrogens (tertiary/aromatic N) is 2. The molecule has 0 saturated heterocycles. The Kier molecular flexibility index (Phi) is 4.08. The summed E-state index contributed by atoms with van der Waals surface area (Å²) in [6, 6.07) is 6.51. The van der Waals surface area contributed by atoms with Gasteiger partial charge in [0.2, 0.25) is 10.0 Å². The fraction of sp³-hybridized carbons (Fsp3) is 0.273. The number of ether oxygens (including phenoxy) is 1. The van der Waals surface area contributed by atoms with Crippen molar-refractivity contribution >= 4 is 21.7 Å². The molecule has 0 atom stereocenters. The summed E-state index contributed by atoms with van der Waals surface area (Å²) in [7, 11) is -3.60. The van der Waals surface area contributed by atoms with Gasteiger partial charge in [0.15, 0.2) is 5.82 Å². The fourth-order valence-electron chi connectivity index (χ4n) is 1.36. The minimum absolute atomic E-state index is 0.00757. The molecule has 0 amide bonds. The van der Waals surface area contributed by atoms with E-state index >= 15 is 0 Å². The summed E-state index contributed by atoms with van der Waals surface area (Å²) in [6.45, 7) is 1.58. The molecule has 2 aromatic rings. The van der Waals surface area contributed by atoms with Crippen LogP contribution in [0.2, 0.25) is 0 Å². The zero-order chi connectivity index (χ0) is 14.6. The molecule has 8 nitrogen and oxygen atoms in total. The van der Waals surface area contributed by atoms with E-state index < -0.39 is 10.0 Å². The summed E-state index contributed by atoms with van der Waals surface area (Å²) < 4.78 is 35.6. The Bertz CT molecular complexity index is 666. The molecule has 0 aliphatic carbocycles. The first-order chi connectivity index (χ1) is 9.44. The van der Waals surface area contributed by atoms with Gasteiger partial charge < -0.3 is 15.0 Å². The molecule has 0 unspecified atom stereocenters. The molecule has 1 aromatic heterocycles. The first kappa shape index (κ1) is 14.1. The van der Waals surface area contributed by atoms with E-state index in [2.05, 4.69) is 19.4 Å². The molecule has 0 aliphatic heterocycles. The Morgan fingerprint density at radius 3 is 2.65 bits per heavy atom. The molecular weight excluding hydrogens is 284 g/mol. The van der Waals surface area contributed by atoms with Gasteiger partial charge in [-0.3, -0.25) is 0 Å². The van der Waals surface area contributed by atoms with Gasteiger partial charge in [0.05, 0.1) is 0 Å². The number of sulfonamides is 1. The first-order valence-corrected chi connectivity index (χ1v) is 7.39. The summed E-state index contributed by atoms with van der Waals surface area (Å²) in [4.78, 5) is 3.75. The molecule has 0 spiro atoms. The number of nitrogens with one attached hydrogen (secondary N) is 1. The van der Waals surface area contributed by atoms with Gasteiger partial charge in [-0.1, -0.05) is 5.16 Å². The minimum atomic E-state index is -3.60. The maximum Gasteiger partial charge on any atom is 0.335 e. The van der Waals surface area contributed by atoms with Gasteiger partial charge >= 0.3 is 6.01 Å². The largest absolute Gasteiger partial charge is 0.492 e. The Morgan fingerprint density at radius 2 is 2.05 bits per heavy atom. The van der Waals surface area contributed by atoms with E-state index in [0.29, 0.717) is 17.3 Å². The average molecular weight is 298 g/mol. The third kappa shape index (κ3) is 4.12. The Morgan fingerprint density at radius 1 is 1.35 bits per heavy atom. The zero-order valence-electron chi connectivity index (χ0n) is 10.7. The maximum atomic E-state index is 11.7. The molecule has 1 aromatic carbocycles. The van der Waals surface area contributed by atoms with E-state index in [4.69, 9.17) is 10.5 Å². The molecule has 108 valence electrons. The standard InChI is InChI=1S/C11H14N4O4S/c1-8-13-11(19-14-8)15-20(16,17)7-6-18-10-4-2-9(12)3-5-10/h2-5H,6-7,12H2,1H3,(H,13,14,15). The zero-order valence-corrected chi connectivity index (χ0v) is 11.6. The molecule has 20 heavy (non-hydrogen) atoms. The number of aromatic nitrogens is 2. The van der Waals surface area contributed by atoms with E-state index in [1.807, 2.05) is 0 Å². The Balaban J connectivity index is 1.84. The highest BCUT2D eigenvalue weighted by Gasteiger charge is 2.14. The van der Waals surface area contributed by atoms with Crippen LogP contribution in [0.1, 0.15) is 5.82 Å². The Hall–Kier alpha value is -2.29. The predicted molar refractivity (Wildman–Crippen MR) is 72.8 cm³/mol. The van der Waals surface area contributed by atoms with Gasteiger partial charge in [-0.05, 0) is 31.2 Å². The number of aryl methyl sites for hydroxylation is 1. The summed E-state index contributed by atoms with van der Waals surface area (Å²) in [5.41, 5.74) is 6.14. The van der Waals surface area contributed by atoms with Crippen LogP contribution in [0.5, 0.6) is 5.75 Å². The van der Waals surface area contributed by atoms with Crippen molar-refractivity contribution in [3.8, 4) is 5.75 Å². The van der Waals surface area contributed by atoms with Crippen molar-refractivity contribution in [3.63, 3.8) is 0 Å². The molecule has 2 rings (SSSR count). The lowest BCUT2D eigenvalue weighted by atomic mass is 10.3. The van der Waals surface area contributed by atoms with Crippen LogP contribution in [-0.2, 0) is 10.0 Å². The van der Waals surface area contributed by atoms with Crippen LogP contribution in [0, 0.1) is 6.92 Å². The smallest absolute Gasteiger partial charge is 0.335 e. The first-order valence-electron chi connectivity index (χ1n) is 5.74. The molecule has 0 bridgehead atoms. The van der Waals surface area contributed by atoms with Crippen molar-refractivity contribution in [3.05, 3.63) is 30.1 Å². The summed E-state index contributed by atoms with van der Waals surface area (Å²) >= 11 is 0. The van der Waals surface area contributed by atoms with Crippen LogP contribution in [0.3, 0.4) is 0 Å². The van der Waals surface area contributed by atoms with Crippen LogP contribution >= 0.6 is 0 Å². The topological polar surface area (TPSA) is 120 Å². The second-order valence-electron chi connectivity index (χ2n) is 3.99. The van der Waals surface area contributed by atoms with Crippen LogP contribution in [0.4, 0.5) is 11.7 Å². The van der Waals surface area contributed by atoms with Crippen LogP contribution in [0.15, 0.2) is 28.8 Å². The molecule has 1 heterocycles. The molecule has 0 radical (unpaired) electrons. The van der Waals surface area contributed by atoms with Crippen molar-refractivity contribution in [2.24, 2.45) is 0 Å². The van der Waals surface area contributed by atoms with Crippen molar-refractivity contribution in [1.82, 2.24) is 10.1 Å². The molecule has 0 aliphatic rings. The number of hydrogen-bond donors (Lipinski definition) is 2. The maximum absolute atomic E-state index is 11.7. The number of rotatable bonds is 6. The lowest BCUT2D eigenvalue weighted by molar-refractivity contribution is 0.341. The van der Waals surface area contributed by atoms with Gasteiger partial charge in [-0.25, -0.2) is 13.1 Å². The van der Waals surface area contributed by atoms with Gasteiger partial charge in [-0.2, -0.15) is 4.98 Å². The highest BCUT2D eigenvalue weighted by molar-refractivity contribution is 7.92. The van der Waals surface area contributed by atoms with Gasteiger partial charge in [-0.15, -0.1) is 0 Å². The third-order valence-corrected chi connectivity index (χ3v) is 3.46. The van der Waals surface area contributed by atoms with Crippen molar-refractivity contribution < 1.29 is 17.7 Å². The average Bonchev–Trinajstić information content (AvgIpc) is 2.76. The van der Waals surface area contributed by atoms with E-state index in [-0.39, 0.29) is 18.4 Å². The minimum Gasteiger partial charge on any atom is -0.492 e. The Labute approximate surface area is 116 Å². The van der Waals surface area contributed by atoms with Crippen LogP contribution in [0.25, 0.3) is 0 Å². The van der Waals surface area contributed by atoms with Crippen molar-refractivity contribution in [2.45, 2.75) is 6.92 Å². The number of nitrogen functional groups attached to an aromatic ring is 1. The number of nitrogens with two attached hydrogens (primary N) is 1.